The Hall–Kier alpha value is -5.87. The molecule has 7 amide bonds. The highest BCUT2D eigenvalue weighted by atomic mass is 16.6. The second kappa shape index (κ2) is 59.0. The average molecular weight is 1390 g/mol. The van der Waals surface area contributed by atoms with Crippen molar-refractivity contribution in [1.82, 2.24) is 37.2 Å². The molecule has 0 heterocycles. The molecule has 3 atom stereocenters. The first-order chi connectivity index (χ1) is 46.3. The molecule has 0 saturated heterocycles. The highest BCUT2D eigenvalue weighted by molar-refractivity contribution is 5.91. The van der Waals surface area contributed by atoms with E-state index in [1.54, 1.807) is 27.7 Å². The first-order valence-electron chi connectivity index (χ1n) is 34.4. The van der Waals surface area contributed by atoms with Gasteiger partial charge >= 0.3 is 0 Å². The maximum Gasteiger partial charge on any atom is 0.246 e. The zero-order valence-corrected chi connectivity index (χ0v) is 59.6. The number of oxime groups is 2. The maximum atomic E-state index is 13.4. The number of unbranched alkanes of at least 4 members (excludes halogenated alkanes) is 4. The predicted octanol–water partition coefficient (Wildman–Crippen LogP) is 2.15. The van der Waals surface area contributed by atoms with Crippen molar-refractivity contribution in [3.8, 4) is 0 Å². The molecule has 0 aromatic rings. The van der Waals surface area contributed by atoms with Crippen molar-refractivity contribution in [3.05, 3.63) is 0 Å². The van der Waals surface area contributed by atoms with Crippen molar-refractivity contribution in [2.24, 2.45) is 39.5 Å². The van der Waals surface area contributed by atoms with Gasteiger partial charge in [0.2, 0.25) is 41.4 Å². The number of hydrogen-bond donors (Lipinski definition) is 11. The predicted molar refractivity (Wildman–Crippen MR) is 364 cm³/mol. The van der Waals surface area contributed by atoms with Gasteiger partial charge in [0.25, 0.3) is 0 Å². The molecule has 31 nitrogen and oxygen atoms in total. The first kappa shape index (κ1) is 91.1. The first-order valence-corrected chi connectivity index (χ1v) is 34.4. The normalized spacial score (nSPS) is 13.3. The molecule has 31 heteroatoms. The minimum absolute atomic E-state index is 0.00560. The number of rotatable bonds is 68. The molecule has 0 radical (unpaired) electrons. The average Bonchev–Trinajstić information content (AvgIpc) is 3.18. The molecule has 0 spiro atoms. The summed E-state index contributed by atoms with van der Waals surface area (Å²) in [7, 11) is 0. The van der Waals surface area contributed by atoms with Gasteiger partial charge in [-0.3, -0.25) is 43.2 Å². The topological polar surface area (TPSA) is 438 Å². The van der Waals surface area contributed by atoms with E-state index >= 15 is 0 Å². The monoisotopic (exact) mass is 1390 g/mol. The number of hydrogen-bond acceptors (Lipinski definition) is 24. The second-order valence-electron chi connectivity index (χ2n) is 25.0. The Labute approximate surface area is 575 Å². The third kappa shape index (κ3) is 53.7. The molecule has 13 N–H and O–H groups in total. The van der Waals surface area contributed by atoms with Crippen molar-refractivity contribution < 1.29 is 96.2 Å². The second-order valence-corrected chi connectivity index (χ2v) is 25.0. The third-order valence-corrected chi connectivity index (χ3v) is 15.8. The highest BCUT2D eigenvalue weighted by Crippen LogP contribution is 2.17. The number of Topliss-reactive ketones (excluding diaryl/α,β-unsaturated/α-hetero) is 2. The van der Waals surface area contributed by atoms with Gasteiger partial charge in [0.1, 0.15) is 32.2 Å². The van der Waals surface area contributed by atoms with E-state index in [1.165, 1.54) is 0 Å². The molecule has 0 aromatic carbocycles. The van der Waals surface area contributed by atoms with E-state index in [9.17, 15) is 53.6 Å². The largest absolute Gasteiger partial charge is 0.411 e. The summed E-state index contributed by atoms with van der Waals surface area (Å²) in [5.41, 5.74) is 10.2. The fraction of sp³-hybridized carbons (Fsp3) is 0.833. The molecule has 0 aliphatic heterocycles. The Morgan fingerprint density at radius 3 is 1.19 bits per heavy atom. The van der Waals surface area contributed by atoms with Crippen LogP contribution in [-0.4, -0.2) is 250 Å². The molecule has 0 rings (SSSR count). The van der Waals surface area contributed by atoms with Crippen LogP contribution in [0.5, 0.6) is 0 Å². The molecule has 0 unspecified atom stereocenters. The summed E-state index contributed by atoms with van der Waals surface area (Å²) in [5.74, 6) is -3.27. The quantitative estimate of drug-likeness (QED) is 0.0180. The van der Waals surface area contributed by atoms with Gasteiger partial charge in [-0.1, -0.05) is 43.4 Å². The molecule has 0 bridgehead atoms. The summed E-state index contributed by atoms with van der Waals surface area (Å²) >= 11 is 0. The number of amides is 7. The Kier molecular flexibility index (Phi) is 55.5. The number of nitrogens with one attached hydrogen (secondary N) is 7. The molecular formula is C66H123N11O20. The molecule has 0 aliphatic carbocycles. The summed E-state index contributed by atoms with van der Waals surface area (Å²) in [6, 6.07) is -0.433. The van der Waals surface area contributed by atoms with Crippen molar-refractivity contribution in [2.45, 2.75) is 182 Å². The summed E-state index contributed by atoms with van der Waals surface area (Å²) < 4.78 is 49.0. The number of ketones is 2. The summed E-state index contributed by atoms with van der Waals surface area (Å²) in [4.78, 5) is 111. The third-order valence-electron chi connectivity index (χ3n) is 15.8. The van der Waals surface area contributed by atoms with Gasteiger partial charge in [-0.05, 0) is 106 Å². The number of carbonyl (C=O) groups excluding carboxylic acids is 9. The van der Waals surface area contributed by atoms with Crippen LogP contribution >= 0.6 is 0 Å². The summed E-state index contributed by atoms with van der Waals surface area (Å²) in [6.45, 7) is 20.7. The lowest BCUT2D eigenvalue weighted by Crippen LogP contribution is -2.57. The zero-order valence-electron chi connectivity index (χ0n) is 59.6. The number of nitrogens with two attached hydrogens (primary N) is 2. The SMILES string of the molecule is C/C(=N\O)C(C)(C)NCC(CNC(C)(C)/C(C)=N/O)NC(=O)CCCC(=O)C[C@@H](CCCCNC(=O)COCCOCCOCC(=O)NCCCOCCOCCOCCCCC(=O)COCCOCCOCC(=O)NCCCC[C@H](C)C(N)=O)C(=O)NCCCC[C@H](C)C(N)=O. The van der Waals surface area contributed by atoms with E-state index in [4.69, 9.17) is 54.1 Å². The van der Waals surface area contributed by atoms with Crippen LogP contribution in [0.1, 0.15) is 165 Å². The number of carbonyl (C=O) groups is 9. The Morgan fingerprint density at radius 1 is 0.402 bits per heavy atom. The summed E-state index contributed by atoms with van der Waals surface area (Å²) in [6.07, 6.45) is 8.47. The number of ether oxygens (including phenoxy) is 9. The van der Waals surface area contributed by atoms with Gasteiger partial charge < -0.3 is 102 Å². The van der Waals surface area contributed by atoms with Crippen LogP contribution in [0.15, 0.2) is 10.3 Å². The molecule has 0 saturated carbocycles. The van der Waals surface area contributed by atoms with Gasteiger partial charge in [-0.2, -0.15) is 0 Å². The van der Waals surface area contributed by atoms with Crippen molar-refractivity contribution >= 4 is 64.3 Å². The lowest BCUT2D eigenvalue weighted by atomic mass is 9.93. The fourth-order valence-electron chi connectivity index (χ4n) is 8.70. The minimum atomic E-state index is -0.683. The summed E-state index contributed by atoms with van der Waals surface area (Å²) in [5, 5.41) is 46.2. The van der Waals surface area contributed by atoms with Crippen LogP contribution in [0.25, 0.3) is 0 Å². The Morgan fingerprint density at radius 2 is 0.763 bits per heavy atom. The molecule has 0 aromatic heterocycles. The van der Waals surface area contributed by atoms with E-state index in [2.05, 4.69) is 47.5 Å². The zero-order chi connectivity index (χ0) is 72.4. The lowest BCUT2D eigenvalue weighted by Gasteiger charge is -2.32. The van der Waals surface area contributed by atoms with Crippen LogP contribution in [-0.2, 0) is 85.8 Å². The Balaban J connectivity index is 4.18. The van der Waals surface area contributed by atoms with Gasteiger partial charge in [-0.15, -0.1) is 0 Å². The number of nitrogens with zero attached hydrogens (tertiary/aromatic N) is 2. The van der Waals surface area contributed by atoms with Crippen LogP contribution in [0.2, 0.25) is 0 Å². The molecule has 562 valence electrons. The van der Waals surface area contributed by atoms with Gasteiger partial charge in [0.15, 0.2) is 5.78 Å². The van der Waals surface area contributed by atoms with Gasteiger partial charge in [0.05, 0.1) is 108 Å². The van der Waals surface area contributed by atoms with Crippen LogP contribution < -0.4 is 48.7 Å². The molecule has 97 heavy (non-hydrogen) atoms. The Bertz CT molecular complexity index is 2210. The van der Waals surface area contributed by atoms with Crippen LogP contribution in [0.4, 0.5) is 0 Å². The smallest absolute Gasteiger partial charge is 0.246 e. The molecule has 0 aliphatic rings. The highest BCUT2D eigenvalue weighted by Gasteiger charge is 2.28. The van der Waals surface area contributed by atoms with E-state index in [0.717, 1.165) is 19.3 Å². The maximum absolute atomic E-state index is 13.4. The molecule has 0 fully saturated rings. The van der Waals surface area contributed by atoms with E-state index in [0.29, 0.717) is 168 Å². The van der Waals surface area contributed by atoms with Crippen LogP contribution in [0, 0.1) is 17.8 Å². The van der Waals surface area contributed by atoms with Crippen molar-refractivity contribution in [3.63, 3.8) is 0 Å². The lowest BCUT2D eigenvalue weighted by molar-refractivity contribution is -0.130. The van der Waals surface area contributed by atoms with E-state index < -0.39 is 23.0 Å². The van der Waals surface area contributed by atoms with Crippen molar-refractivity contribution in [1.29, 1.82) is 0 Å². The van der Waals surface area contributed by atoms with E-state index in [-0.39, 0.29) is 157 Å². The van der Waals surface area contributed by atoms with Crippen molar-refractivity contribution in [2.75, 3.05) is 158 Å². The number of primary amides is 2. The van der Waals surface area contributed by atoms with Crippen LogP contribution in [0.3, 0.4) is 0 Å². The van der Waals surface area contributed by atoms with E-state index in [1.807, 2.05) is 27.7 Å². The minimum Gasteiger partial charge on any atom is -0.411 e. The van der Waals surface area contributed by atoms with Gasteiger partial charge in [-0.25, -0.2) is 0 Å². The molecular weight excluding hydrogens is 1270 g/mol. The standard InChI is InChI=1S/C66H123N11O20/c1-50(62(67)84)19-9-13-25-69-59(81)47-95-40-36-92-35-39-94-46-57(79)22-12-16-29-89-31-33-91-34-32-90-30-18-28-71-61(83)49-97-42-38-93-37-41-96-48-60(82)70-26-15-11-21-54(64(86)72-27-14-10-20-51(2)63(68)85)43-56(78)23-17-24-58(80)75-55(44-73-65(5,6)52(3)76-87)45-74-66(7,8)53(4)77-88/h50-51,54-55,73-74,87-88H,9-49H2,1-8H3,(H2,67,84)(H2,68,85)(H,69,81)(H,70,82)(H,71,83)(H,72,86)(H,75,80)/b76-52+,77-53+/t50-,51-,54+/m0/s1. The fourth-order valence-corrected chi connectivity index (χ4v) is 8.70. The van der Waals surface area contributed by atoms with Gasteiger partial charge in [0, 0.05) is 95.9 Å².